The molecule has 0 saturated heterocycles. The van der Waals surface area contributed by atoms with Crippen molar-refractivity contribution in [1.29, 1.82) is 0 Å². The predicted molar refractivity (Wildman–Crippen MR) is 89.5 cm³/mol. The van der Waals surface area contributed by atoms with Crippen LogP contribution >= 0.6 is 0 Å². The maximum absolute atomic E-state index is 12.1. The second-order valence-electron chi connectivity index (χ2n) is 6.05. The van der Waals surface area contributed by atoms with Crippen LogP contribution in [0.3, 0.4) is 0 Å². The molecule has 1 amide bonds. The van der Waals surface area contributed by atoms with Gasteiger partial charge < -0.3 is 19.6 Å². The van der Waals surface area contributed by atoms with Crippen molar-refractivity contribution in [2.75, 3.05) is 19.8 Å². The van der Waals surface area contributed by atoms with E-state index in [1.165, 1.54) is 0 Å². The number of hydrogen-bond acceptors (Lipinski definition) is 5. The molecule has 1 heterocycles. The minimum atomic E-state index is -0.270. The summed E-state index contributed by atoms with van der Waals surface area (Å²) in [5.41, 5.74) is 2.85. The van der Waals surface area contributed by atoms with E-state index >= 15 is 0 Å². The van der Waals surface area contributed by atoms with Crippen LogP contribution in [0.25, 0.3) is 11.0 Å². The van der Waals surface area contributed by atoms with E-state index in [0.717, 1.165) is 41.3 Å². The smallest absolute Gasteiger partial charge is 0.339 e. The molecule has 6 nitrogen and oxygen atoms in total. The molecule has 0 unspecified atom stereocenters. The Morgan fingerprint density at radius 2 is 2.12 bits per heavy atom. The van der Waals surface area contributed by atoms with Crippen LogP contribution in [0.2, 0.25) is 0 Å². The van der Waals surface area contributed by atoms with Crippen molar-refractivity contribution in [2.24, 2.45) is 0 Å². The number of aliphatic hydroxyl groups excluding tert-OH is 1. The fraction of sp³-hybridized carbons (Fsp3) is 0.444. The van der Waals surface area contributed by atoms with Crippen LogP contribution < -0.4 is 15.7 Å². The molecule has 2 aromatic rings. The average molecular weight is 331 g/mol. The lowest BCUT2D eigenvalue weighted by atomic mass is 10.0. The van der Waals surface area contributed by atoms with Crippen molar-refractivity contribution < 1.29 is 19.1 Å². The number of aliphatic hydroxyl groups is 1. The quantitative estimate of drug-likeness (QED) is 0.618. The van der Waals surface area contributed by atoms with Gasteiger partial charge in [-0.1, -0.05) is 0 Å². The van der Waals surface area contributed by atoms with Crippen LogP contribution in [0.1, 0.15) is 29.5 Å². The van der Waals surface area contributed by atoms with Crippen molar-refractivity contribution in [3.8, 4) is 5.75 Å². The fourth-order valence-corrected chi connectivity index (χ4v) is 3.12. The molecule has 0 atom stereocenters. The summed E-state index contributed by atoms with van der Waals surface area (Å²) in [7, 11) is 0. The lowest BCUT2D eigenvalue weighted by Crippen LogP contribution is -2.30. The minimum Gasteiger partial charge on any atom is -0.483 e. The highest BCUT2D eigenvalue weighted by atomic mass is 16.5. The number of carbonyl (C=O) groups excluding carboxylic acids is 1. The molecule has 1 aliphatic carbocycles. The second-order valence-corrected chi connectivity index (χ2v) is 6.05. The number of fused-ring (bicyclic) bond motifs is 3. The first-order valence-electron chi connectivity index (χ1n) is 8.19. The molecule has 0 spiro atoms. The Labute approximate surface area is 139 Å². The molecule has 0 radical (unpaired) electrons. The third kappa shape index (κ3) is 3.28. The van der Waals surface area contributed by atoms with Crippen LogP contribution in [0, 0.1) is 6.92 Å². The predicted octanol–water partition coefficient (Wildman–Crippen LogP) is 1.47. The van der Waals surface area contributed by atoms with E-state index in [0.29, 0.717) is 24.3 Å². The first-order valence-corrected chi connectivity index (χ1v) is 8.19. The molecule has 1 aromatic carbocycles. The minimum absolute atomic E-state index is 0.0365. The summed E-state index contributed by atoms with van der Waals surface area (Å²) in [5, 5.41) is 12.2. The second kappa shape index (κ2) is 7.05. The van der Waals surface area contributed by atoms with Gasteiger partial charge in [0.2, 0.25) is 0 Å². The Hall–Kier alpha value is -2.34. The number of ether oxygens (including phenoxy) is 1. The Morgan fingerprint density at radius 3 is 2.92 bits per heavy atom. The Kier molecular flexibility index (Phi) is 4.85. The third-order valence-electron chi connectivity index (χ3n) is 4.19. The molecular formula is C18H21NO5. The van der Waals surface area contributed by atoms with Gasteiger partial charge >= 0.3 is 5.63 Å². The van der Waals surface area contributed by atoms with E-state index in [9.17, 15) is 9.59 Å². The van der Waals surface area contributed by atoms with Gasteiger partial charge in [0.05, 0.1) is 5.39 Å². The molecular weight excluding hydrogens is 310 g/mol. The number of carbonyl (C=O) groups is 1. The molecule has 1 aliphatic rings. The van der Waals surface area contributed by atoms with E-state index in [-0.39, 0.29) is 24.7 Å². The van der Waals surface area contributed by atoms with Crippen molar-refractivity contribution in [2.45, 2.75) is 32.6 Å². The van der Waals surface area contributed by atoms with Crippen molar-refractivity contribution in [3.63, 3.8) is 0 Å². The molecule has 0 fully saturated rings. The van der Waals surface area contributed by atoms with Gasteiger partial charge in [0, 0.05) is 18.7 Å². The van der Waals surface area contributed by atoms with Gasteiger partial charge in [-0.05, 0) is 55.9 Å². The first kappa shape index (κ1) is 16.5. The highest BCUT2D eigenvalue weighted by Gasteiger charge is 2.22. The van der Waals surface area contributed by atoms with Crippen molar-refractivity contribution >= 4 is 16.9 Å². The van der Waals surface area contributed by atoms with Gasteiger partial charge in [-0.25, -0.2) is 4.79 Å². The topological polar surface area (TPSA) is 88.8 Å². The number of amides is 1. The fourth-order valence-electron chi connectivity index (χ4n) is 3.12. The summed E-state index contributed by atoms with van der Waals surface area (Å²) in [5.74, 6) is 0.330. The zero-order valence-electron chi connectivity index (χ0n) is 13.7. The van der Waals surface area contributed by atoms with Crippen molar-refractivity contribution in [1.82, 2.24) is 5.32 Å². The Balaban J connectivity index is 1.89. The van der Waals surface area contributed by atoms with E-state index in [1.807, 2.05) is 19.1 Å². The maximum atomic E-state index is 12.1. The number of nitrogens with one attached hydrogen (secondary N) is 1. The van der Waals surface area contributed by atoms with E-state index in [1.54, 1.807) is 0 Å². The summed E-state index contributed by atoms with van der Waals surface area (Å²) in [6.45, 7) is 2.23. The van der Waals surface area contributed by atoms with Crippen LogP contribution in [0.15, 0.2) is 21.3 Å². The van der Waals surface area contributed by atoms with E-state index in [2.05, 4.69) is 5.32 Å². The van der Waals surface area contributed by atoms with Gasteiger partial charge in [-0.2, -0.15) is 0 Å². The number of hydrogen-bond donors (Lipinski definition) is 2. The average Bonchev–Trinajstić information content (AvgIpc) is 3.02. The molecule has 3 rings (SSSR count). The summed E-state index contributed by atoms with van der Waals surface area (Å²) in [4.78, 5) is 23.9. The molecule has 0 bridgehead atoms. The summed E-state index contributed by atoms with van der Waals surface area (Å²) in [6.07, 6.45) is 2.98. The first-order chi connectivity index (χ1) is 11.6. The molecule has 6 heteroatoms. The number of aryl methyl sites for hydroxylation is 2. The monoisotopic (exact) mass is 331 g/mol. The highest BCUT2D eigenvalue weighted by Crippen LogP contribution is 2.35. The van der Waals surface area contributed by atoms with Crippen molar-refractivity contribution in [3.05, 3.63) is 39.2 Å². The lowest BCUT2D eigenvalue weighted by molar-refractivity contribution is -0.123. The van der Waals surface area contributed by atoms with Gasteiger partial charge in [0.25, 0.3) is 5.91 Å². The molecule has 0 aliphatic heterocycles. The van der Waals surface area contributed by atoms with Crippen LogP contribution in [0.5, 0.6) is 5.75 Å². The molecule has 0 saturated carbocycles. The summed E-state index contributed by atoms with van der Waals surface area (Å²) < 4.78 is 11.2. The lowest BCUT2D eigenvalue weighted by Gasteiger charge is -2.13. The standard InChI is InChI=1S/C18H21NO5/c1-11-8-14(23-10-16(21)19-6-3-7-20)17-12-4-2-5-13(12)18(22)24-15(17)9-11/h8-9,20H,2-7,10H2,1H3,(H,19,21). The van der Waals surface area contributed by atoms with E-state index < -0.39 is 0 Å². The van der Waals surface area contributed by atoms with E-state index in [4.69, 9.17) is 14.3 Å². The largest absolute Gasteiger partial charge is 0.483 e. The van der Waals surface area contributed by atoms with Crippen LogP contribution in [-0.4, -0.2) is 30.8 Å². The maximum Gasteiger partial charge on any atom is 0.339 e. The van der Waals surface area contributed by atoms with Gasteiger partial charge in [-0.3, -0.25) is 4.79 Å². The summed E-state index contributed by atoms with van der Waals surface area (Å²) >= 11 is 0. The van der Waals surface area contributed by atoms with Gasteiger partial charge in [-0.15, -0.1) is 0 Å². The molecule has 24 heavy (non-hydrogen) atoms. The number of rotatable bonds is 6. The van der Waals surface area contributed by atoms with Crippen LogP contribution in [0.4, 0.5) is 0 Å². The molecule has 128 valence electrons. The normalized spacial score (nSPS) is 13.1. The molecule has 2 N–H and O–H groups in total. The zero-order valence-corrected chi connectivity index (χ0v) is 13.7. The highest BCUT2D eigenvalue weighted by molar-refractivity contribution is 5.89. The zero-order chi connectivity index (χ0) is 17.1. The molecule has 1 aromatic heterocycles. The van der Waals surface area contributed by atoms with Crippen LogP contribution in [-0.2, 0) is 17.6 Å². The summed E-state index contributed by atoms with van der Waals surface area (Å²) in [6, 6.07) is 3.69. The van der Waals surface area contributed by atoms with Gasteiger partial charge in [0.15, 0.2) is 6.61 Å². The SMILES string of the molecule is Cc1cc(OCC(=O)NCCCO)c2c3c(c(=O)oc2c1)CCC3. The number of benzene rings is 1. The third-order valence-corrected chi connectivity index (χ3v) is 4.19. The Morgan fingerprint density at radius 1 is 1.33 bits per heavy atom. The van der Waals surface area contributed by atoms with Gasteiger partial charge in [0.1, 0.15) is 11.3 Å². The Bertz CT molecular complexity index is 824.